The van der Waals surface area contributed by atoms with Crippen LogP contribution in [-0.4, -0.2) is 30.0 Å². The second kappa shape index (κ2) is 5.69. The maximum absolute atomic E-state index is 11.9. The summed E-state index contributed by atoms with van der Waals surface area (Å²) in [7, 11) is 3.16. The number of aryl methyl sites for hydroxylation is 1. The molecule has 0 saturated carbocycles. The normalized spacial score (nSPS) is 10.9. The highest BCUT2D eigenvalue weighted by molar-refractivity contribution is 5.94. The lowest BCUT2D eigenvalue weighted by atomic mass is 9.92. The van der Waals surface area contributed by atoms with E-state index in [0.29, 0.717) is 0 Å². The number of aromatic nitrogens is 1. The summed E-state index contributed by atoms with van der Waals surface area (Å²) in [6.45, 7) is 3.66. The molecule has 0 unspecified atom stereocenters. The fraction of sp³-hybridized carbons (Fsp3) is 0.462. The number of rotatable bonds is 4. The van der Waals surface area contributed by atoms with Gasteiger partial charge in [0.15, 0.2) is 0 Å². The smallest absolute Gasteiger partial charge is 0.251 e. The molecular weight excluding hydrogens is 246 g/mol. The molecule has 1 aromatic heterocycles. The summed E-state index contributed by atoms with van der Waals surface area (Å²) in [6, 6.07) is 2.83. The molecular formula is C13H19N3O3. The third-order valence-corrected chi connectivity index (χ3v) is 2.90. The fourth-order valence-electron chi connectivity index (χ4n) is 1.51. The van der Waals surface area contributed by atoms with Crippen molar-refractivity contribution < 1.29 is 9.59 Å². The molecule has 0 aliphatic carbocycles. The highest BCUT2D eigenvalue weighted by Gasteiger charge is 2.27. The summed E-state index contributed by atoms with van der Waals surface area (Å²) < 4.78 is 1.38. The first kappa shape index (κ1) is 14.9. The van der Waals surface area contributed by atoms with Gasteiger partial charge in [0.2, 0.25) is 5.91 Å². The van der Waals surface area contributed by atoms with Gasteiger partial charge in [0.25, 0.3) is 11.5 Å². The molecule has 0 aliphatic heterocycles. The van der Waals surface area contributed by atoms with Crippen molar-refractivity contribution in [3.05, 3.63) is 34.2 Å². The lowest BCUT2D eigenvalue weighted by Gasteiger charge is -2.22. The maximum atomic E-state index is 11.9. The highest BCUT2D eigenvalue weighted by Crippen LogP contribution is 2.13. The average Bonchev–Trinajstić information content (AvgIpc) is 2.38. The molecule has 0 spiro atoms. The zero-order chi connectivity index (χ0) is 14.6. The van der Waals surface area contributed by atoms with Gasteiger partial charge in [-0.2, -0.15) is 0 Å². The Morgan fingerprint density at radius 1 is 1.37 bits per heavy atom. The van der Waals surface area contributed by atoms with Crippen molar-refractivity contribution in [3.8, 4) is 0 Å². The van der Waals surface area contributed by atoms with Gasteiger partial charge in [0, 0.05) is 38.5 Å². The molecule has 0 atom stereocenters. The van der Waals surface area contributed by atoms with Crippen molar-refractivity contribution in [2.75, 3.05) is 13.6 Å². The second-order valence-electron chi connectivity index (χ2n) is 5.01. The summed E-state index contributed by atoms with van der Waals surface area (Å²) in [6.07, 6.45) is 1.53. The lowest BCUT2D eigenvalue weighted by Crippen LogP contribution is -2.43. The Morgan fingerprint density at radius 2 is 2.00 bits per heavy atom. The van der Waals surface area contributed by atoms with E-state index in [1.165, 1.54) is 16.8 Å². The number of carbonyl (C=O) groups is 2. The van der Waals surface area contributed by atoms with Crippen LogP contribution >= 0.6 is 0 Å². The zero-order valence-electron chi connectivity index (χ0n) is 11.6. The van der Waals surface area contributed by atoms with Crippen LogP contribution in [0.4, 0.5) is 0 Å². The molecule has 1 heterocycles. The summed E-state index contributed by atoms with van der Waals surface area (Å²) >= 11 is 0. The fourth-order valence-corrected chi connectivity index (χ4v) is 1.51. The summed E-state index contributed by atoms with van der Waals surface area (Å²) in [5.41, 5.74) is -0.668. The lowest BCUT2D eigenvalue weighted by molar-refractivity contribution is -0.128. The van der Waals surface area contributed by atoms with Crippen molar-refractivity contribution in [2.24, 2.45) is 12.5 Å². The SMILES string of the molecule is CNC(=O)C(C)(C)CNC(=O)c1ccn(C)c(=O)c1. The van der Waals surface area contributed by atoms with Crippen LogP contribution in [-0.2, 0) is 11.8 Å². The molecule has 6 heteroatoms. The van der Waals surface area contributed by atoms with Gasteiger partial charge in [0.05, 0.1) is 5.41 Å². The third-order valence-electron chi connectivity index (χ3n) is 2.90. The van der Waals surface area contributed by atoms with Crippen molar-refractivity contribution in [1.29, 1.82) is 0 Å². The number of nitrogens with one attached hydrogen (secondary N) is 2. The molecule has 0 aromatic carbocycles. The standard InChI is InChI=1S/C13H19N3O3/c1-13(2,12(19)14-3)8-15-11(18)9-5-6-16(4)10(17)7-9/h5-7H,8H2,1-4H3,(H,14,19)(H,15,18). The molecule has 6 nitrogen and oxygen atoms in total. The van der Waals surface area contributed by atoms with Crippen LogP contribution < -0.4 is 16.2 Å². The predicted molar refractivity (Wildman–Crippen MR) is 71.9 cm³/mol. The van der Waals surface area contributed by atoms with E-state index in [9.17, 15) is 14.4 Å². The Hall–Kier alpha value is -2.11. The Balaban J connectivity index is 2.73. The maximum Gasteiger partial charge on any atom is 0.251 e. The first-order chi connectivity index (χ1) is 8.77. The van der Waals surface area contributed by atoms with Crippen molar-refractivity contribution in [2.45, 2.75) is 13.8 Å². The van der Waals surface area contributed by atoms with E-state index < -0.39 is 5.41 Å². The van der Waals surface area contributed by atoms with Gasteiger partial charge in [-0.25, -0.2) is 0 Å². The Labute approximate surface area is 111 Å². The minimum atomic E-state index is -0.704. The Kier molecular flexibility index (Phi) is 4.47. The molecule has 1 aromatic rings. The van der Waals surface area contributed by atoms with Crippen LogP contribution in [0.2, 0.25) is 0 Å². The van der Waals surface area contributed by atoms with Gasteiger partial charge in [-0.1, -0.05) is 0 Å². The van der Waals surface area contributed by atoms with E-state index >= 15 is 0 Å². The van der Waals surface area contributed by atoms with Crippen LogP contribution in [0.5, 0.6) is 0 Å². The molecule has 0 fully saturated rings. The predicted octanol–water partition coefficient (Wildman–Crippen LogP) is -0.113. The summed E-state index contributed by atoms with van der Waals surface area (Å²) in [5.74, 6) is -0.522. The number of amides is 2. The minimum absolute atomic E-state index is 0.156. The Morgan fingerprint density at radius 3 is 2.53 bits per heavy atom. The molecule has 19 heavy (non-hydrogen) atoms. The van der Waals surface area contributed by atoms with Crippen molar-refractivity contribution in [1.82, 2.24) is 15.2 Å². The van der Waals surface area contributed by atoms with Crippen LogP contribution in [0, 0.1) is 5.41 Å². The quantitative estimate of drug-likeness (QED) is 0.797. The van der Waals surface area contributed by atoms with E-state index in [2.05, 4.69) is 10.6 Å². The largest absolute Gasteiger partial charge is 0.359 e. The van der Waals surface area contributed by atoms with Gasteiger partial charge < -0.3 is 15.2 Å². The molecule has 0 saturated heterocycles. The number of hydrogen-bond donors (Lipinski definition) is 2. The number of pyridine rings is 1. The molecule has 104 valence electrons. The van der Waals surface area contributed by atoms with Gasteiger partial charge in [-0.15, -0.1) is 0 Å². The number of carbonyl (C=O) groups excluding carboxylic acids is 2. The second-order valence-corrected chi connectivity index (χ2v) is 5.01. The molecule has 0 radical (unpaired) electrons. The Bertz CT molecular complexity index is 546. The van der Waals surface area contributed by atoms with Crippen LogP contribution in [0.1, 0.15) is 24.2 Å². The van der Waals surface area contributed by atoms with Gasteiger partial charge >= 0.3 is 0 Å². The zero-order valence-corrected chi connectivity index (χ0v) is 11.6. The first-order valence-corrected chi connectivity index (χ1v) is 5.95. The molecule has 2 N–H and O–H groups in total. The highest BCUT2D eigenvalue weighted by atomic mass is 16.2. The van der Waals surface area contributed by atoms with Crippen molar-refractivity contribution >= 4 is 11.8 Å². The summed E-state index contributed by atoms with van der Waals surface area (Å²) in [5, 5.41) is 5.19. The number of nitrogens with zero attached hydrogens (tertiary/aromatic N) is 1. The number of hydrogen-bond acceptors (Lipinski definition) is 3. The molecule has 1 rings (SSSR count). The van der Waals surface area contributed by atoms with E-state index in [4.69, 9.17) is 0 Å². The van der Waals surface area contributed by atoms with Gasteiger partial charge in [0.1, 0.15) is 0 Å². The van der Waals surface area contributed by atoms with E-state index in [0.717, 1.165) is 0 Å². The third kappa shape index (κ3) is 3.67. The summed E-state index contributed by atoms with van der Waals surface area (Å²) in [4.78, 5) is 34.9. The van der Waals surface area contributed by atoms with Crippen LogP contribution in [0.15, 0.2) is 23.1 Å². The van der Waals surface area contributed by atoms with E-state index in [1.54, 1.807) is 34.0 Å². The minimum Gasteiger partial charge on any atom is -0.359 e. The molecule has 2 amide bonds. The average molecular weight is 265 g/mol. The van der Waals surface area contributed by atoms with Crippen molar-refractivity contribution in [3.63, 3.8) is 0 Å². The monoisotopic (exact) mass is 265 g/mol. The van der Waals surface area contributed by atoms with Gasteiger partial charge in [-0.3, -0.25) is 14.4 Å². The van der Waals surface area contributed by atoms with E-state index in [1.807, 2.05) is 0 Å². The van der Waals surface area contributed by atoms with Gasteiger partial charge in [-0.05, 0) is 19.9 Å². The first-order valence-electron chi connectivity index (χ1n) is 5.95. The van der Waals surface area contributed by atoms with E-state index in [-0.39, 0.29) is 29.5 Å². The van der Waals surface area contributed by atoms with Crippen LogP contribution in [0.3, 0.4) is 0 Å². The molecule has 0 aliphatic rings. The topological polar surface area (TPSA) is 80.2 Å². The van der Waals surface area contributed by atoms with Crippen LogP contribution in [0.25, 0.3) is 0 Å². The molecule has 0 bridgehead atoms.